The minimum atomic E-state index is 0.641. The fraction of sp³-hybridized carbons (Fsp3) is 0.750. The molecule has 0 bridgehead atoms. The summed E-state index contributed by atoms with van der Waals surface area (Å²) in [6.45, 7) is 10.6. The summed E-state index contributed by atoms with van der Waals surface area (Å²) in [5.74, 6) is 1.16. The van der Waals surface area contributed by atoms with Crippen molar-refractivity contribution in [3.8, 4) is 0 Å². The minimum absolute atomic E-state index is 0.641. The first-order valence-corrected chi connectivity index (χ1v) is 3.83. The normalized spacial score (nSPS) is 26.3. The Morgan fingerprint density at radius 2 is 2.30 bits per heavy atom. The number of nitrogens with zero attached hydrogens (tertiary/aromatic N) is 2. The van der Waals surface area contributed by atoms with Gasteiger partial charge in [0.15, 0.2) is 0 Å². The average molecular weight is 140 g/mol. The third-order valence-corrected chi connectivity index (χ3v) is 2.18. The summed E-state index contributed by atoms with van der Waals surface area (Å²) < 4.78 is 0. The van der Waals surface area contributed by atoms with Gasteiger partial charge in [0.25, 0.3) is 0 Å². The summed E-state index contributed by atoms with van der Waals surface area (Å²) in [7, 11) is 2.09. The number of hydrogen-bond donors (Lipinski definition) is 0. The standard InChI is InChI=1S/C8H16N2/c1-5-10-7(2)6-9(4)8(10)3/h7H,3,5-6H2,1-2,4H3. The van der Waals surface area contributed by atoms with Gasteiger partial charge in [0.2, 0.25) is 0 Å². The summed E-state index contributed by atoms with van der Waals surface area (Å²) in [5.41, 5.74) is 0. The summed E-state index contributed by atoms with van der Waals surface area (Å²) >= 11 is 0. The molecule has 1 rings (SSSR count). The monoisotopic (exact) mass is 140 g/mol. The van der Waals surface area contributed by atoms with E-state index in [2.05, 4.69) is 37.3 Å². The van der Waals surface area contributed by atoms with E-state index < -0.39 is 0 Å². The molecule has 0 N–H and O–H groups in total. The predicted molar refractivity (Wildman–Crippen MR) is 43.6 cm³/mol. The van der Waals surface area contributed by atoms with Crippen LogP contribution in [0.2, 0.25) is 0 Å². The summed E-state index contributed by atoms with van der Waals surface area (Å²) in [5, 5.41) is 0. The van der Waals surface area contributed by atoms with E-state index in [1.807, 2.05) is 0 Å². The van der Waals surface area contributed by atoms with Gasteiger partial charge in [-0.05, 0) is 13.8 Å². The zero-order chi connectivity index (χ0) is 7.72. The second-order valence-corrected chi connectivity index (χ2v) is 2.93. The SMILES string of the molecule is C=C1N(C)CC(C)N1CC. The molecule has 1 fully saturated rings. The lowest BCUT2D eigenvalue weighted by molar-refractivity contribution is 0.331. The predicted octanol–water partition coefficient (Wildman–Crippen LogP) is 1.11. The van der Waals surface area contributed by atoms with Gasteiger partial charge in [-0.1, -0.05) is 6.58 Å². The molecule has 1 aliphatic rings. The molecule has 2 nitrogen and oxygen atoms in total. The third-order valence-electron chi connectivity index (χ3n) is 2.18. The van der Waals surface area contributed by atoms with E-state index in [1.165, 1.54) is 0 Å². The lowest BCUT2D eigenvalue weighted by atomic mass is 10.3. The van der Waals surface area contributed by atoms with Crippen molar-refractivity contribution in [1.82, 2.24) is 9.80 Å². The zero-order valence-corrected chi connectivity index (χ0v) is 7.09. The molecule has 1 atom stereocenters. The molecule has 10 heavy (non-hydrogen) atoms. The van der Waals surface area contributed by atoms with Crippen molar-refractivity contribution in [3.05, 3.63) is 12.4 Å². The van der Waals surface area contributed by atoms with E-state index in [0.717, 1.165) is 18.9 Å². The van der Waals surface area contributed by atoms with Gasteiger partial charge < -0.3 is 9.80 Å². The van der Waals surface area contributed by atoms with Crippen molar-refractivity contribution in [2.45, 2.75) is 19.9 Å². The van der Waals surface area contributed by atoms with E-state index in [4.69, 9.17) is 0 Å². The maximum Gasteiger partial charge on any atom is 0.0966 e. The summed E-state index contributed by atoms with van der Waals surface area (Å²) in [4.78, 5) is 4.52. The van der Waals surface area contributed by atoms with Crippen molar-refractivity contribution in [2.75, 3.05) is 20.1 Å². The van der Waals surface area contributed by atoms with E-state index in [9.17, 15) is 0 Å². The number of hydrogen-bond acceptors (Lipinski definition) is 2. The van der Waals surface area contributed by atoms with Crippen molar-refractivity contribution < 1.29 is 0 Å². The molecule has 0 aromatic carbocycles. The molecular weight excluding hydrogens is 124 g/mol. The highest BCUT2D eigenvalue weighted by Gasteiger charge is 2.24. The Bertz CT molecular complexity index is 142. The van der Waals surface area contributed by atoms with Gasteiger partial charge in [-0.3, -0.25) is 0 Å². The van der Waals surface area contributed by atoms with Gasteiger partial charge in [0, 0.05) is 26.2 Å². The van der Waals surface area contributed by atoms with Gasteiger partial charge in [-0.15, -0.1) is 0 Å². The Hall–Kier alpha value is -0.660. The van der Waals surface area contributed by atoms with Gasteiger partial charge in [0.1, 0.15) is 0 Å². The lowest BCUT2D eigenvalue weighted by Gasteiger charge is -2.21. The van der Waals surface area contributed by atoms with Crippen LogP contribution in [0.25, 0.3) is 0 Å². The lowest BCUT2D eigenvalue weighted by Crippen LogP contribution is -2.26. The highest BCUT2D eigenvalue weighted by molar-refractivity contribution is 5.01. The van der Waals surface area contributed by atoms with Crippen molar-refractivity contribution in [2.24, 2.45) is 0 Å². The highest BCUT2D eigenvalue weighted by Crippen LogP contribution is 2.19. The Kier molecular flexibility index (Phi) is 1.88. The molecule has 1 heterocycles. The maximum atomic E-state index is 3.99. The van der Waals surface area contributed by atoms with Crippen LogP contribution in [0.4, 0.5) is 0 Å². The Labute approximate surface area is 63.1 Å². The van der Waals surface area contributed by atoms with Crippen molar-refractivity contribution >= 4 is 0 Å². The molecule has 0 saturated carbocycles. The van der Waals surface area contributed by atoms with E-state index in [-0.39, 0.29) is 0 Å². The topological polar surface area (TPSA) is 6.48 Å². The fourth-order valence-corrected chi connectivity index (χ4v) is 1.57. The highest BCUT2D eigenvalue weighted by atomic mass is 15.4. The Morgan fingerprint density at radius 3 is 2.50 bits per heavy atom. The molecule has 2 heteroatoms. The van der Waals surface area contributed by atoms with E-state index in [1.54, 1.807) is 0 Å². The van der Waals surface area contributed by atoms with Crippen LogP contribution in [0.3, 0.4) is 0 Å². The smallest absolute Gasteiger partial charge is 0.0966 e. The first kappa shape index (κ1) is 7.45. The van der Waals surface area contributed by atoms with Gasteiger partial charge in [-0.2, -0.15) is 0 Å². The van der Waals surface area contributed by atoms with Gasteiger partial charge >= 0.3 is 0 Å². The van der Waals surface area contributed by atoms with Crippen LogP contribution in [0.1, 0.15) is 13.8 Å². The number of likely N-dealkylation sites (N-methyl/N-ethyl adjacent to an activating group) is 2. The second-order valence-electron chi connectivity index (χ2n) is 2.93. The quantitative estimate of drug-likeness (QED) is 0.538. The Balaban J connectivity index is 2.64. The molecule has 0 aliphatic carbocycles. The molecule has 0 spiro atoms. The molecule has 1 saturated heterocycles. The molecular formula is C8H16N2. The molecule has 0 radical (unpaired) electrons. The largest absolute Gasteiger partial charge is 0.360 e. The second kappa shape index (κ2) is 2.52. The van der Waals surface area contributed by atoms with Crippen molar-refractivity contribution in [3.63, 3.8) is 0 Å². The van der Waals surface area contributed by atoms with Crippen molar-refractivity contribution in [1.29, 1.82) is 0 Å². The van der Waals surface area contributed by atoms with Gasteiger partial charge in [0.05, 0.1) is 5.82 Å². The maximum absolute atomic E-state index is 3.99. The van der Waals surface area contributed by atoms with Crippen LogP contribution in [0.5, 0.6) is 0 Å². The third kappa shape index (κ3) is 0.981. The Morgan fingerprint density at radius 1 is 1.70 bits per heavy atom. The fourth-order valence-electron chi connectivity index (χ4n) is 1.57. The van der Waals surface area contributed by atoms with Crippen LogP contribution in [0.15, 0.2) is 12.4 Å². The molecule has 0 aromatic heterocycles. The van der Waals surface area contributed by atoms with Crippen LogP contribution in [-0.2, 0) is 0 Å². The first-order valence-electron chi connectivity index (χ1n) is 3.83. The average Bonchev–Trinajstić information content (AvgIpc) is 2.09. The molecule has 58 valence electrons. The van der Waals surface area contributed by atoms with Crippen LogP contribution < -0.4 is 0 Å². The molecule has 1 aliphatic heterocycles. The minimum Gasteiger partial charge on any atom is -0.360 e. The molecule has 0 aromatic rings. The summed E-state index contributed by atoms with van der Waals surface area (Å²) in [6, 6.07) is 0.641. The molecule has 0 amide bonds. The molecule has 1 unspecified atom stereocenters. The first-order chi connectivity index (χ1) is 4.66. The van der Waals surface area contributed by atoms with Crippen LogP contribution >= 0.6 is 0 Å². The summed E-state index contributed by atoms with van der Waals surface area (Å²) in [6.07, 6.45) is 0. The van der Waals surface area contributed by atoms with Gasteiger partial charge in [-0.25, -0.2) is 0 Å². The number of rotatable bonds is 1. The van der Waals surface area contributed by atoms with E-state index >= 15 is 0 Å². The zero-order valence-electron chi connectivity index (χ0n) is 7.09. The van der Waals surface area contributed by atoms with Crippen LogP contribution in [-0.4, -0.2) is 36.0 Å². The van der Waals surface area contributed by atoms with Crippen LogP contribution in [0, 0.1) is 0 Å². The van der Waals surface area contributed by atoms with E-state index in [0.29, 0.717) is 6.04 Å².